The van der Waals surface area contributed by atoms with Gasteiger partial charge in [0, 0.05) is 25.8 Å². The highest BCUT2D eigenvalue weighted by molar-refractivity contribution is 5.79. The van der Waals surface area contributed by atoms with E-state index in [9.17, 15) is 4.79 Å². The summed E-state index contributed by atoms with van der Waals surface area (Å²) in [5.41, 5.74) is 5.82. The van der Waals surface area contributed by atoms with Crippen LogP contribution < -0.4 is 5.73 Å². The van der Waals surface area contributed by atoms with Crippen molar-refractivity contribution >= 4 is 5.97 Å². The summed E-state index contributed by atoms with van der Waals surface area (Å²) in [6, 6.07) is 2.59. The number of aromatic nitrogens is 2. The molecule has 2 heterocycles. The summed E-state index contributed by atoms with van der Waals surface area (Å²) < 4.78 is 2.09. The van der Waals surface area contributed by atoms with Crippen molar-refractivity contribution in [3.8, 4) is 0 Å². The maximum Gasteiger partial charge on any atom is 0.325 e. The van der Waals surface area contributed by atoms with E-state index < -0.39 is 11.5 Å². The van der Waals surface area contributed by atoms with Crippen LogP contribution in [0.3, 0.4) is 0 Å². The fourth-order valence-electron chi connectivity index (χ4n) is 3.46. The Bertz CT molecular complexity index is 510. The molecule has 0 spiro atoms. The highest BCUT2D eigenvalue weighted by atomic mass is 16.4. The zero-order chi connectivity index (χ0) is 14.9. The molecule has 0 aromatic carbocycles. The first-order chi connectivity index (χ1) is 10.1. The third-order valence-electron chi connectivity index (χ3n) is 4.80. The van der Waals surface area contributed by atoms with Gasteiger partial charge in [-0.1, -0.05) is 19.3 Å². The second-order valence-corrected chi connectivity index (χ2v) is 6.50. The Balaban J connectivity index is 1.59. The van der Waals surface area contributed by atoms with Gasteiger partial charge in [0.2, 0.25) is 0 Å². The first-order valence-corrected chi connectivity index (χ1v) is 7.85. The average Bonchev–Trinajstić information content (AvgIpc) is 3.08. The molecule has 1 aliphatic carbocycles. The maximum absolute atomic E-state index is 11.2. The minimum Gasteiger partial charge on any atom is -0.480 e. The first kappa shape index (κ1) is 14.5. The fourth-order valence-corrected chi connectivity index (χ4v) is 3.46. The van der Waals surface area contributed by atoms with Crippen molar-refractivity contribution in [2.75, 3.05) is 13.1 Å². The van der Waals surface area contributed by atoms with Crippen LogP contribution in [0.25, 0.3) is 0 Å². The number of hydrogen-bond donors (Lipinski definition) is 2. The Kier molecular flexibility index (Phi) is 3.99. The topological polar surface area (TPSA) is 84.4 Å². The fraction of sp³-hybridized carbons (Fsp3) is 0.733. The summed E-state index contributed by atoms with van der Waals surface area (Å²) in [4.78, 5) is 13.2. The van der Waals surface area contributed by atoms with E-state index in [4.69, 9.17) is 10.8 Å². The molecule has 1 aromatic heterocycles. The number of nitrogens with two attached hydrogens (primary N) is 1. The van der Waals surface area contributed by atoms with Gasteiger partial charge in [0.15, 0.2) is 0 Å². The van der Waals surface area contributed by atoms with Gasteiger partial charge >= 0.3 is 5.97 Å². The summed E-state index contributed by atoms with van der Waals surface area (Å²) in [5, 5.41) is 13.8. The Morgan fingerprint density at radius 1 is 1.43 bits per heavy atom. The second kappa shape index (κ2) is 5.77. The predicted molar refractivity (Wildman–Crippen MR) is 78.8 cm³/mol. The number of carboxylic acid groups (broad SMARTS) is 1. The molecule has 2 aliphatic rings. The lowest BCUT2D eigenvalue weighted by Crippen LogP contribution is -2.50. The van der Waals surface area contributed by atoms with Crippen molar-refractivity contribution in [3.63, 3.8) is 0 Å². The molecule has 116 valence electrons. The molecule has 1 saturated heterocycles. The Hall–Kier alpha value is -1.40. The molecule has 1 aromatic rings. The predicted octanol–water partition coefficient (Wildman–Crippen LogP) is 1.38. The number of nitrogens with zero attached hydrogens (tertiary/aromatic N) is 3. The van der Waals surface area contributed by atoms with Crippen molar-refractivity contribution in [1.29, 1.82) is 0 Å². The monoisotopic (exact) mass is 292 g/mol. The van der Waals surface area contributed by atoms with Crippen LogP contribution in [0.4, 0.5) is 0 Å². The van der Waals surface area contributed by atoms with Gasteiger partial charge in [0.05, 0.1) is 11.7 Å². The highest BCUT2D eigenvalue weighted by Gasteiger charge is 2.41. The van der Waals surface area contributed by atoms with E-state index in [1.807, 2.05) is 6.07 Å². The lowest BCUT2D eigenvalue weighted by atomic mass is 9.96. The Morgan fingerprint density at radius 3 is 2.86 bits per heavy atom. The number of rotatable bonds is 4. The molecule has 3 N–H and O–H groups in total. The van der Waals surface area contributed by atoms with Crippen molar-refractivity contribution in [1.82, 2.24) is 14.7 Å². The lowest BCUT2D eigenvalue weighted by molar-refractivity contribution is -0.142. The SMILES string of the molecule is NC1(C(=O)O)CCN(Cc2ccn(C3CCCCC3)n2)C1. The molecule has 1 aliphatic heterocycles. The number of likely N-dealkylation sites (tertiary alicyclic amines) is 1. The van der Waals surface area contributed by atoms with E-state index in [1.54, 1.807) is 0 Å². The van der Waals surface area contributed by atoms with Crippen LogP contribution in [0.2, 0.25) is 0 Å². The number of carboxylic acids is 1. The van der Waals surface area contributed by atoms with E-state index in [-0.39, 0.29) is 0 Å². The van der Waals surface area contributed by atoms with E-state index in [0.717, 1.165) is 12.2 Å². The van der Waals surface area contributed by atoms with Crippen LogP contribution in [0.1, 0.15) is 50.3 Å². The molecule has 6 heteroatoms. The quantitative estimate of drug-likeness (QED) is 0.875. The van der Waals surface area contributed by atoms with Gasteiger partial charge in [-0.05, 0) is 25.3 Å². The van der Waals surface area contributed by atoms with Gasteiger partial charge in [0.1, 0.15) is 5.54 Å². The summed E-state index contributed by atoms with van der Waals surface area (Å²) in [6.45, 7) is 1.81. The van der Waals surface area contributed by atoms with Crippen LogP contribution in [-0.4, -0.2) is 44.4 Å². The van der Waals surface area contributed by atoms with Crippen LogP contribution in [0.15, 0.2) is 12.3 Å². The van der Waals surface area contributed by atoms with Crippen molar-refractivity contribution in [2.45, 2.75) is 56.7 Å². The van der Waals surface area contributed by atoms with Gasteiger partial charge in [-0.2, -0.15) is 5.10 Å². The number of carbonyl (C=O) groups is 1. The van der Waals surface area contributed by atoms with Gasteiger partial charge in [-0.15, -0.1) is 0 Å². The Labute approximate surface area is 124 Å². The molecule has 21 heavy (non-hydrogen) atoms. The Morgan fingerprint density at radius 2 is 2.19 bits per heavy atom. The molecule has 1 atom stereocenters. The zero-order valence-electron chi connectivity index (χ0n) is 12.4. The van der Waals surface area contributed by atoms with Crippen LogP contribution >= 0.6 is 0 Å². The van der Waals surface area contributed by atoms with Gasteiger partial charge in [-0.3, -0.25) is 14.4 Å². The standard InChI is InChI=1S/C15H24N4O2/c16-15(14(20)21)7-9-18(11-15)10-12-6-8-19(17-12)13-4-2-1-3-5-13/h6,8,13H,1-5,7,9-11,16H2,(H,20,21). The minimum absolute atomic E-state index is 0.401. The molecule has 0 radical (unpaired) electrons. The van der Waals surface area contributed by atoms with Crippen LogP contribution in [0, 0.1) is 0 Å². The van der Waals surface area contributed by atoms with Gasteiger partial charge in [0.25, 0.3) is 0 Å². The first-order valence-electron chi connectivity index (χ1n) is 7.85. The third-order valence-corrected chi connectivity index (χ3v) is 4.80. The molecular weight excluding hydrogens is 268 g/mol. The second-order valence-electron chi connectivity index (χ2n) is 6.50. The molecule has 1 unspecified atom stereocenters. The molecule has 0 bridgehead atoms. The van der Waals surface area contributed by atoms with Gasteiger partial charge in [-0.25, -0.2) is 0 Å². The van der Waals surface area contributed by atoms with E-state index in [0.29, 0.717) is 25.6 Å². The number of aliphatic carboxylic acids is 1. The highest BCUT2D eigenvalue weighted by Crippen LogP contribution is 2.28. The molecule has 6 nitrogen and oxygen atoms in total. The van der Waals surface area contributed by atoms with Crippen LogP contribution in [-0.2, 0) is 11.3 Å². The van der Waals surface area contributed by atoms with Gasteiger partial charge < -0.3 is 10.8 Å². The smallest absolute Gasteiger partial charge is 0.325 e. The van der Waals surface area contributed by atoms with E-state index >= 15 is 0 Å². The van der Waals surface area contributed by atoms with Crippen molar-refractivity contribution < 1.29 is 9.90 Å². The molecule has 1 saturated carbocycles. The summed E-state index contributed by atoms with van der Waals surface area (Å²) in [6.07, 6.45) is 8.93. The lowest BCUT2D eigenvalue weighted by Gasteiger charge is -2.22. The average molecular weight is 292 g/mol. The minimum atomic E-state index is -1.09. The van der Waals surface area contributed by atoms with Crippen molar-refractivity contribution in [2.24, 2.45) is 5.73 Å². The molecule has 2 fully saturated rings. The van der Waals surface area contributed by atoms with Crippen molar-refractivity contribution in [3.05, 3.63) is 18.0 Å². The molecular formula is C15H24N4O2. The summed E-state index contributed by atoms with van der Waals surface area (Å²) >= 11 is 0. The molecule has 0 amide bonds. The largest absolute Gasteiger partial charge is 0.480 e. The maximum atomic E-state index is 11.2. The molecule has 3 rings (SSSR count). The van der Waals surface area contributed by atoms with Crippen LogP contribution in [0.5, 0.6) is 0 Å². The van der Waals surface area contributed by atoms with E-state index in [2.05, 4.69) is 20.9 Å². The normalized spacial score (nSPS) is 28.0. The van der Waals surface area contributed by atoms with E-state index in [1.165, 1.54) is 32.1 Å². The zero-order valence-corrected chi connectivity index (χ0v) is 12.4. The summed E-state index contributed by atoms with van der Waals surface area (Å²) in [5.74, 6) is -0.905. The number of hydrogen-bond acceptors (Lipinski definition) is 4. The summed E-state index contributed by atoms with van der Waals surface area (Å²) in [7, 11) is 0. The third kappa shape index (κ3) is 3.11.